The van der Waals surface area contributed by atoms with Crippen LogP contribution in [0.1, 0.15) is 11.1 Å². The van der Waals surface area contributed by atoms with E-state index in [4.69, 9.17) is 0 Å². The Bertz CT molecular complexity index is 3310. The molecule has 3 heteroatoms. The number of benzene rings is 10. The molecule has 0 amide bonds. The van der Waals surface area contributed by atoms with Gasteiger partial charge in [0.25, 0.3) is 0 Å². The summed E-state index contributed by atoms with van der Waals surface area (Å²) in [6.07, 6.45) is 4.43. The highest BCUT2D eigenvalue weighted by molar-refractivity contribution is 6.24. The first-order valence-electron chi connectivity index (χ1n) is 20.0. The summed E-state index contributed by atoms with van der Waals surface area (Å²) in [5.74, 6) is -0.296. The van der Waals surface area contributed by atoms with Crippen LogP contribution in [-0.4, -0.2) is 4.57 Å². The Kier molecular flexibility index (Phi) is 8.37. The first-order valence-corrected chi connectivity index (χ1v) is 20.0. The van der Waals surface area contributed by atoms with Crippen LogP contribution in [0.3, 0.4) is 0 Å². The van der Waals surface area contributed by atoms with E-state index in [1.807, 2.05) is 66.7 Å². The van der Waals surface area contributed by atoms with Crippen LogP contribution in [-0.2, 0) is 0 Å². The quantitative estimate of drug-likeness (QED) is 0.111. The van der Waals surface area contributed by atoms with Gasteiger partial charge in [0.2, 0.25) is 0 Å². The summed E-state index contributed by atoms with van der Waals surface area (Å²) >= 11 is 0. The number of aromatic nitrogens is 1. The molecule has 0 aliphatic rings. The topological polar surface area (TPSA) is 8.17 Å². The lowest BCUT2D eigenvalue weighted by molar-refractivity contribution is 0.630. The molecule has 0 fully saturated rings. The molecule has 0 aliphatic heterocycles. The van der Waals surface area contributed by atoms with Crippen molar-refractivity contribution in [1.82, 2.24) is 4.57 Å². The van der Waals surface area contributed by atoms with Crippen molar-refractivity contribution >= 4 is 72.6 Å². The maximum absolute atomic E-state index is 17.2. The zero-order valence-corrected chi connectivity index (χ0v) is 32.1. The Morgan fingerprint density at radius 3 is 1.85 bits per heavy atom. The molecule has 1 aromatic heterocycles. The minimum absolute atomic E-state index is 0.296. The monoisotopic (exact) mass is 756 g/mol. The first-order chi connectivity index (χ1) is 29.2. The predicted octanol–water partition coefficient (Wildman–Crippen LogP) is 15.6. The van der Waals surface area contributed by atoms with Gasteiger partial charge in [-0.1, -0.05) is 164 Å². The third-order valence-corrected chi connectivity index (χ3v) is 11.6. The van der Waals surface area contributed by atoms with Crippen molar-refractivity contribution < 1.29 is 4.39 Å². The van der Waals surface area contributed by atoms with Crippen LogP contribution >= 0.6 is 0 Å². The van der Waals surface area contributed by atoms with E-state index < -0.39 is 0 Å². The van der Waals surface area contributed by atoms with Crippen LogP contribution in [0, 0.1) is 5.82 Å². The van der Waals surface area contributed by atoms with Gasteiger partial charge in [-0.05, 0) is 105 Å². The number of hydrogen-bond acceptors (Lipinski definition) is 1. The van der Waals surface area contributed by atoms with E-state index in [2.05, 4.69) is 161 Å². The van der Waals surface area contributed by atoms with E-state index in [0.717, 1.165) is 61.2 Å². The molecule has 2 nitrogen and oxygen atoms in total. The second kappa shape index (κ2) is 14.3. The molecule has 0 saturated carbocycles. The molecular weight excluding hydrogens is 720 g/mol. The van der Waals surface area contributed by atoms with Crippen molar-refractivity contribution in [2.24, 2.45) is 0 Å². The summed E-state index contributed by atoms with van der Waals surface area (Å²) in [6.45, 7) is 0. The van der Waals surface area contributed by atoms with Gasteiger partial charge >= 0.3 is 0 Å². The normalized spacial score (nSPS) is 11.7. The van der Waals surface area contributed by atoms with E-state index in [1.54, 1.807) is 6.07 Å². The maximum atomic E-state index is 17.2. The highest BCUT2D eigenvalue weighted by atomic mass is 19.1. The van der Waals surface area contributed by atoms with Gasteiger partial charge in [-0.3, -0.25) is 0 Å². The highest BCUT2D eigenvalue weighted by Crippen LogP contribution is 2.47. The third-order valence-electron chi connectivity index (χ3n) is 11.6. The number of hydrogen-bond donors (Lipinski definition) is 0. The number of rotatable bonds is 8. The lowest BCUT2D eigenvalue weighted by Crippen LogP contribution is -2.14. The van der Waals surface area contributed by atoms with E-state index in [0.29, 0.717) is 5.69 Å². The molecule has 0 radical (unpaired) electrons. The van der Waals surface area contributed by atoms with Crippen LogP contribution in [0.25, 0.3) is 83.4 Å². The van der Waals surface area contributed by atoms with Gasteiger partial charge in [0.15, 0.2) is 0 Å². The average molecular weight is 757 g/mol. The molecule has 0 saturated heterocycles. The van der Waals surface area contributed by atoms with Crippen LogP contribution in [0.15, 0.2) is 212 Å². The average Bonchev–Trinajstić information content (AvgIpc) is 3.64. The SMILES string of the molecule is Fc1cc(-c2ccccc2)cc(-c2ccccc2)c1N(c1ccccc1)c1ccc(/C=C/c2cc3ccc4cccc5c4c3c(c2)n5-c2ccccc2)c2ccccc12. The van der Waals surface area contributed by atoms with Crippen molar-refractivity contribution in [2.45, 2.75) is 0 Å². The summed E-state index contributed by atoms with van der Waals surface area (Å²) in [6, 6.07) is 73.1. The van der Waals surface area contributed by atoms with Crippen molar-refractivity contribution in [1.29, 1.82) is 0 Å². The van der Waals surface area contributed by atoms with Crippen LogP contribution < -0.4 is 4.90 Å². The van der Waals surface area contributed by atoms with Gasteiger partial charge in [-0.25, -0.2) is 4.39 Å². The minimum Gasteiger partial charge on any atom is -0.309 e. The summed E-state index contributed by atoms with van der Waals surface area (Å²) in [7, 11) is 0. The number of nitrogens with zero attached hydrogens (tertiary/aromatic N) is 2. The number of anilines is 3. The standard InChI is InChI=1S/C56H37FN2/c57-50-37-44(39-16-5-1-6-17-39)36-49(40-18-7-2-8-19-40)56(50)59(46-23-11-4-12-24-46)51-33-32-41(47-25-13-14-26-48(47)51)29-28-38-34-43-31-30-42-20-15-27-52-54(42)55(43)53(35-38)58(52)45-21-9-3-10-22-45/h1-37H/b29-28+. The van der Waals surface area contributed by atoms with Gasteiger partial charge in [0.05, 0.1) is 22.4 Å². The fraction of sp³-hybridized carbons (Fsp3) is 0. The second-order valence-electron chi connectivity index (χ2n) is 15.1. The van der Waals surface area contributed by atoms with Crippen LogP contribution in [0.4, 0.5) is 21.5 Å². The van der Waals surface area contributed by atoms with Crippen molar-refractivity contribution in [3.8, 4) is 27.9 Å². The van der Waals surface area contributed by atoms with Crippen LogP contribution in [0.5, 0.6) is 0 Å². The minimum atomic E-state index is -0.296. The maximum Gasteiger partial charge on any atom is 0.148 e. The lowest BCUT2D eigenvalue weighted by atomic mass is 9.94. The van der Waals surface area contributed by atoms with Gasteiger partial charge < -0.3 is 9.47 Å². The summed E-state index contributed by atoms with van der Waals surface area (Å²) < 4.78 is 19.6. The molecule has 10 aromatic carbocycles. The van der Waals surface area contributed by atoms with Gasteiger partial charge in [-0.15, -0.1) is 0 Å². The van der Waals surface area contributed by atoms with Crippen molar-refractivity contribution in [3.63, 3.8) is 0 Å². The molecule has 0 aliphatic carbocycles. The Hall–Kier alpha value is -7.75. The van der Waals surface area contributed by atoms with Crippen molar-refractivity contribution in [2.75, 3.05) is 4.90 Å². The molecule has 59 heavy (non-hydrogen) atoms. The first kappa shape index (κ1) is 34.5. The highest BCUT2D eigenvalue weighted by Gasteiger charge is 2.25. The fourth-order valence-corrected chi connectivity index (χ4v) is 8.93. The zero-order chi connectivity index (χ0) is 39.3. The Morgan fingerprint density at radius 1 is 0.441 bits per heavy atom. The summed E-state index contributed by atoms with van der Waals surface area (Å²) in [5.41, 5.74) is 11.6. The zero-order valence-electron chi connectivity index (χ0n) is 32.1. The summed E-state index contributed by atoms with van der Waals surface area (Å²) in [4.78, 5) is 2.09. The molecule has 0 spiro atoms. The van der Waals surface area contributed by atoms with Crippen LogP contribution in [0.2, 0.25) is 0 Å². The van der Waals surface area contributed by atoms with Crippen molar-refractivity contribution in [3.05, 3.63) is 229 Å². The molecule has 0 N–H and O–H groups in total. The molecule has 1 heterocycles. The molecular formula is C56H37FN2. The predicted molar refractivity (Wildman–Crippen MR) is 248 cm³/mol. The Balaban J connectivity index is 1.08. The van der Waals surface area contributed by atoms with E-state index in [-0.39, 0.29) is 5.82 Å². The van der Waals surface area contributed by atoms with Gasteiger partial charge in [-0.2, -0.15) is 0 Å². The van der Waals surface area contributed by atoms with E-state index >= 15 is 4.39 Å². The van der Waals surface area contributed by atoms with Gasteiger partial charge in [0.1, 0.15) is 5.82 Å². The van der Waals surface area contributed by atoms with Gasteiger partial charge in [0, 0.05) is 33.1 Å². The molecule has 278 valence electrons. The third kappa shape index (κ3) is 5.95. The largest absolute Gasteiger partial charge is 0.309 e. The molecule has 0 atom stereocenters. The Labute approximate surface area is 342 Å². The number of fused-ring (bicyclic) bond motifs is 1. The van der Waals surface area contributed by atoms with E-state index in [1.165, 1.54) is 32.6 Å². The number of halogens is 1. The number of para-hydroxylation sites is 2. The summed E-state index contributed by atoms with van der Waals surface area (Å²) in [5, 5.41) is 7.15. The lowest BCUT2D eigenvalue weighted by Gasteiger charge is -2.30. The molecule has 0 unspecified atom stereocenters. The second-order valence-corrected chi connectivity index (χ2v) is 15.1. The fourth-order valence-electron chi connectivity index (χ4n) is 8.93. The smallest absolute Gasteiger partial charge is 0.148 e. The van der Waals surface area contributed by atoms with E-state index in [9.17, 15) is 0 Å². The molecule has 11 aromatic rings. The molecule has 11 rings (SSSR count). The Morgan fingerprint density at radius 2 is 1.08 bits per heavy atom. The molecule has 0 bridgehead atoms.